The third kappa shape index (κ3) is 3.79. The van der Waals surface area contributed by atoms with Crippen LogP contribution in [0.3, 0.4) is 0 Å². The number of rotatable bonds is 5. The van der Waals surface area contributed by atoms with Crippen molar-refractivity contribution in [2.75, 3.05) is 0 Å². The first-order chi connectivity index (χ1) is 10.8. The summed E-state index contributed by atoms with van der Waals surface area (Å²) in [4.78, 5) is 9.62. The van der Waals surface area contributed by atoms with Gasteiger partial charge < -0.3 is 14.8 Å². The number of nitrogens with one attached hydrogen (secondary N) is 1. The van der Waals surface area contributed by atoms with Gasteiger partial charge in [0.2, 0.25) is 0 Å². The van der Waals surface area contributed by atoms with Crippen LogP contribution in [0.25, 0.3) is 0 Å². The average molecular weight is 339 g/mol. The molecule has 1 unspecified atom stereocenters. The van der Waals surface area contributed by atoms with E-state index < -0.39 is 13.3 Å². The average Bonchev–Trinajstić information content (AvgIpc) is 2.51. The van der Waals surface area contributed by atoms with Gasteiger partial charge in [0.05, 0.1) is 5.30 Å². The Labute approximate surface area is 134 Å². The third-order valence-electron chi connectivity index (χ3n) is 3.55. The SMILES string of the molecule is CCc1ccc(Oc2c(C)cc(P(=O)(O)NO)cc2C)c(F)c1. The van der Waals surface area contributed by atoms with Crippen molar-refractivity contribution in [2.45, 2.75) is 27.2 Å². The number of hydrogen-bond acceptors (Lipinski definition) is 3. The summed E-state index contributed by atoms with van der Waals surface area (Å²) in [6.45, 7) is 5.30. The molecule has 2 rings (SSSR count). The van der Waals surface area contributed by atoms with Gasteiger partial charge in [0.1, 0.15) is 5.75 Å². The minimum absolute atomic E-state index is 0.0455. The molecule has 0 heterocycles. The van der Waals surface area contributed by atoms with Crippen molar-refractivity contribution < 1.29 is 23.8 Å². The first kappa shape index (κ1) is 17.6. The molecule has 0 aliphatic carbocycles. The normalized spacial score (nSPS) is 13.7. The first-order valence-electron chi connectivity index (χ1n) is 7.10. The Hall–Kier alpha value is -1.72. The number of ether oxygens (including phenoxy) is 1. The van der Waals surface area contributed by atoms with Gasteiger partial charge in [-0.05, 0) is 61.2 Å². The van der Waals surface area contributed by atoms with Crippen LogP contribution in [0.5, 0.6) is 11.5 Å². The van der Waals surface area contributed by atoms with E-state index in [0.717, 1.165) is 12.0 Å². The first-order valence-corrected chi connectivity index (χ1v) is 8.76. The summed E-state index contributed by atoms with van der Waals surface area (Å²) in [5.74, 6) is 0.0422. The number of benzene rings is 2. The Bertz CT molecular complexity index is 756. The van der Waals surface area contributed by atoms with Gasteiger partial charge in [-0.3, -0.25) is 4.57 Å². The zero-order valence-corrected chi connectivity index (χ0v) is 14.0. The van der Waals surface area contributed by atoms with Gasteiger partial charge in [-0.15, -0.1) is 5.25 Å². The molecule has 1 atom stereocenters. The third-order valence-corrected chi connectivity index (χ3v) is 4.78. The minimum atomic E-state index is -4.03. The number of aryl methyl sites for hydroxylation is 3. The van der Waals surface area contributed by atoms with Crippen molar-refractivity contribution in [1.29, 1.82) is 0 Å². The Morgan fingerprint density at radius 1 is 1.22 bits per heavy atom. The van der Waals surface area contributed by atoms with Gasteiger partial charge in [0.25, 0.3) is 0 Å². The molecule has 3 N–H and O–H groups in total. The van der Waals surface area contributed by atoms with Gasteiger partial charge in [0.15, 0.2) is 11.6 Å². The van der Waals surface area contributed by atoms with Gasteiger partial charge >= 0.3 is 7.52 Å². The lowest BCUT2D eigenvalue weighted by atomic mass is 10.1. The highest BCUT2D eigenvalue weighted by molar-refractivity contribution is 7.63. The summed E-state index contributed by atoms with van der Waals surface area (Å²) in [6.07, 6.45) is 0.726. The molecule has 0 aliphatic heterocycles. The summed E-state index contributed by atoms with van der Waals surface area (Å²) >= 11 is 0. The van der Waals surface area contributed by atoms with E-state index in [1.165, 1.54) is 23.4 Å². The number of halogens is 1. The minimum Gasteiger partial charge on any atom is -0.454 e. The van der Waals surface area contributed by atoms with E-state index in [-0.39, 0.29) is 11.1 Å². The van der Waals surface area contributed by atoms with E-state index in [9.17, 15) is 13.8 Å². The molecule has 7 heteroatoms. The molecule has 0 saturated heterocycles. The standard InChI is InChI=1S/C16H19FNO4P/c1-4-12-5-6-15(14(17)9-12)22-16-10(2)7-13(8-11(16)3)23(20,21)18-19/h5-9,19H,4H2,1-3H3,(H2,18,20,21). The lowest BCUT2D eigenvalue weighted by molar-refractivity contribution is 0.226. The van der Waals surface area contributed by atoms with E-state index in [2.05, 4.69) is 0 Å². The van der Waals surface area contributed by atoms with E-state index in [1.807, 2.05) is 6.92 Å². The summed E-state index contributed by atoms with van der Waals surface area (Å²) in [5, 5.41) is 10.2. The van der Waals surface area contributed by atoms with Crippen LogP contribution in [0.1, 0.15) is 23.6 Å². The summed E-state index contributed by atoms with van der Waals surface area (Å²) in [5.41, 5.74) is 1.99. The van der Waals surface area contributed by atoms with Crippen molar-refractivity contribution in [3.63, 3.8) is 0 Å². The number of hydrogen-bond donors (Lipinski definition) is 3. The fourth-order valence-corrected chi connectivity index (χ4v) is 3.13. The predicted molar refractivity (Wildman–Crippen MR) is 86.1 cm³/mol. The van der Waals surface area contributed by atoms with Crippen LogP contribution in [0, 0.1) is 19.7 Å². The molecule has 124 valence electrons. The van der Waals surface area contributed by atoms with Crippen molar-refractivity contribution in [3.05, 3.63) is 52.8 Å². The summed E-state index contributed by atoms with van der Waals surface area (Å²) in [7, 11) is -4.03. The molecule has 0 aromatic heterocycles. The molecule has 0 spiro atoms. The highest BCUT2D eigenvalue weighted by Crippen LogP contribution is 2.37. The molecule has 0 radical (unpaired) electrons. The smallest absolute Gasteiger partial charge is 0.319 e. The molecular weight excluding hydrogens is 320 g/mol. The van der Waals surface area contributed by atoms with Crippen LogP contribution in [0.4, 0.5) is 4.39 Å². The van der Waals surface area contributed by atoms with Crippen LogP contribution in [-0.4, -0.2) is 10.1 Å². The monoisotopic (exact) mass is 339 g/mol. The molecule has 0 saturated carbocycles. The summed E-state index contributed by atoms with van der Waals surface area (Å²) < 4.78 is 31.5. The molecule has 0 fully saturated rings. The Morgan fingerprint density at radius 3 is 2.30 bits per heavy atom. The van der Waals surface area contributed by atoms with Gasteiger partial charge in [-0.1, -0.05) is 13.0 Å². The van der Waals surface area contributed by atoms with Gasteiger partial charge in [-0.2, -0.15) is 0 Å². The van der Waals surface area contributed by atoms with Crippen LogP contribution in [-0.2, 0) is 11.0 Å². The quantitative estimate of drug-likeness (QED) is 0.573. The van der Waals surface area contributed by atoms with Crippen molar-refractivity contribution in [2.24, 2.45) is 0 Å². The predicted octanol–water partition coefficient (Wildman–Crippen LogP) is 3.59. The Balaban J connectivity index is 2.40. The van der Waals surface area contributed by atoms with Crippen molar-refractivity contribution in [3.8, 4) is 11.5 Å². The lowest BCUT2D eigenvalue weighted by Gasteiger charge is -2.16. The van der Waals surface area contributed by atoms with E-state index in [4.69, 9.17) is 9.94 Å². The molecule has 5 nitrogen and oxygen atoms in total. The molecule has 23 heavy (non-hydrogen) atoms. The van der Waals surface area contributed by atoms with Gasteiger partial charge in [0, 0.05) is 0 Å². The molecule has 2 aromatic carbocycles. The maximum atomic E-state index is 14.1. The highest BCUT2D eigenvalue weighted by atomic mass is 31.2. The zero-order valence-electron chi connectivity index (χ0n) is 13.1. The lowest BCUT2D eigenvalue weighted by Crippen LogP contribution is -2.16. The zero-order chi connectivity index (χ0) is 17.2. The molecule has 0 bridgehead atoms. The molecule has 2 aromatic rings. The Kier molecular flexibility index (Phi) is 5.22. The maximum Gasteiger partial charge on any atom is 0.319 e. The van der Waals surface area contributed by atoms with Crippen LogP contribution >= 0.6 is 7.52 Å². The largest absolute Gasteiger partial charge is 0.454 e. The fourth-order valence-electron chi connectivity index (χ4n) is 2.28. The second kappa shape index (κ2) is 6.81. The second-order valence-corrected chi connectivity index (χ2v) is 7.17. The molecule has 0 amide bonds. The maximum absolute atomic E-state index is 14.1. The van der Waals surface area contributed by atoms with Crippen LogP contribution in [0.15, 0.2) is 30.3 Å². The highest BCUT2D eigenvalue weighted by Gasteiger charge is 2.22. The summed E-state index contributed by atoms with van der Waals surface area (Å²) in [6, 6.07) is 7.61. The molecular formula is C16H19FNO4P. The van der Waals surface area contributed by atoms with Crippen LogP contribution in [0.2, 0.25) is 0 Å². The van der Waals surface area contributed by atoms with Crippen LogP contribution < -0.4 is 15.3 Å². The molecule has 0 aliphatic rings. The van der Waals surface area contributed by atoms with Crippen molar-refractivity contribution in [1.82, 2.24) is 5.25 Å². The van der Waals surface area contributed by atoms with Gasteiger partial charge in [-0.25, -0.2) is 4.39 Å². The van der Waals surface area contributed by atoms with E-state index >= 15 is 0 Å². The second-order valence-electron chi connectivity index (χ2n) is 5.31. The Morgan fingerprint density at radius 2 is 1.83 bits per heavy atom. The fraction of sp³-hybridized carbons (Fsp3) is 0.250. The van der Waals surface area contributed by atoms with Crippen molar-refractivity contribution >= 4 is 12.8 Å². The van der Waals surface area contributed by atoms with E-state index in [1.54, 1.807) is 26.0 Å². The van der Waals surface area contributed by atoms with E-state index in [0.29, 0.717) is 16.9 Å². The topological polar surface area (TPSA) is 78.8 Å².